The van der Waals surface area contributed by atoms with Crippen molar-refractivity contribution in [2.24, 2.45) is 5.92 Å². The average Bonchev–Trinajstić information content (AvgIpc) is 2.90. The molecular formula is C9H14O3. The van der Waals surface area contributed by atoms with E-state index in [0.29, 0.717) is 32.2 Å². The minimum atomic E-state index is -0.264. The number of ether oxygens (including phenoxy) is 2. The van der Waals surface area contributed by atoms with E-state index < -0.39 is 0 Å². The van der Waals surface area contributed by atoms with Crippen molar-refractivity contribution in [2.75, 3.05) is 19.8 Å². The summed E-state index contributed by atoms with van der Waals surface area (Å²) in [6.45, 7) is 1.67. The molecule has 3 heteroatoms. The fourth-order valence-electron chi connectivity index (χ4n) is 1.41. The van der Waals surface area contributed by atoms with Gasteiger partial charge in [0.25, 0.3) is 0 Å². The van der Waals surface area contributed by atoms with Crippen LogP contribution < -0.4 is 0 Å². The molecule has 0 aromatic rings. The van der Waals surface area contributed by atoms with Gasteiger partial charge in [-0.05, 0) is 18.8 Å². The molecule has 0 aromatic carbocycles. The highest BCUT2D eigenvalue weighted by molar-refractivity contribution is 5.83. The number of hydrogen-bond acceptors (Lipinski definition) is 3. The molecule has 0 radical (unpaired) electrons. The second kappa shape index (κ2) is 3.54. The number of hydrogen-bond donors (Lipinski definition) is 0. The molecule has 12 heavy (non-hydrogen) atoms. The Morgan fingerprint density at radius 2 is 2.17 bits per heavy atom. The van der Waals surface area contributed by atoms with Gasteiger partial charge in [0.05, 0.1) is 19.8 Å². The Kier molecular flexibility index (Phi) is 2.42. The molecule has 0 spiro atoms. The molecule has 2 aliphatic rings. The summed E-state index contributed by atoms with van der Waals surface area (Å²) >= 11 is 0. The van der Waals surface area contributed by atoms with Crippen LogP contribution in [0.15, 0.2) is 0 Å². The van der Waals surface area contributed by atoms with Crippen molar-refractivity contribution in [1.29, 1.82) is 0 Å². The molecule has 1 heterocycles. The summed E-state index contributed by atoms with van der Waals surface area (Å²) in [5.74, 6) is 0.889. The van der Waals surface area contributed by atoms with Crippen LogP contribution >= 0.6 is 0 Å². The highest BCUT2D eigenvalue weighted by atomic mass is 16.6. The molecule has 1 saturated carbocycles. The second-order valence-corrected chi connectivity index (χ2v) is 3.55. The first-order valence-electron chi connectivity index (χ1n) is 4.58. The number of Topliss-reactive ketones (excluding diaryl/α,β-unsaturated/α-hetero) is 1. The molecule has 0 N–H and O–H groups in total. The quantitative estimate of drug-likeness (QED) is 0.627. The van der Waals surface area contributed by atoms with Gasteiger partial charge in [0.15, 0.2) is 5.78 Å². The van der Waals surface area contributed by atoms with Crippen LogP contribution in [0.1, 0.15) is 19.3 Å². The number of carbonyl (C=O) groups is 1. The first-order chi connectivity index (χ1) is 5.86. The van der Waals surface area contributed by atoms with Crippen LogP contribution in [0.5, 0.6) is 0 Å². The van der Waals surface area contributed by atoms with Gasteiger partial charge in [0.1, 0.15) is 6.10 Å². The van der Waals surface area contributed by atoms with Gasteiger partial charge in [-0.3, -0.25) is 4.79 Å². The van der Waals surface area contributed by atoms with Gasteiger partial charge in [-0.25, -0.2) is 0 Å². The van der Waals surface area contributed by atoms with Crippen LogP contribution in [0, 0.1) is 5.92 Å². The minimum absolute atomic E-state index is 0.234. The lowest BCUT2D eigenvalue weighted by molar-refractivity contribution is -0.145. The van der Waals surface area contributed by atoms with E-state index in [1.165, 1.54) is 12.8 Å². The summed E-state index contributed by atoms with van der Waals surface area (Å²) in [5, 5.41) is 0. The largest absolute Gasteiger partial charge is 0.376 e. The van der Waals surface area contributed by atoms with Crippen molar-refractivity contribution in [3.05, 3.63) is 0 Å². The van der Waals surface area contributed by atoms with Crippen molar-refractivity contribution in [2.45, 2.75) is 25.4 Å². The topological polar surface area (TPSA) is 35.5 Å². The van der Waals surface area contributed by atoms with Gasteiger partial charge in [-0.1, -0.05) is 0 Å². The minimum Gasteiger partial charge on any atom is -0.376 e. The van der Waals surface area contributed by atoms with Crippen LogP contribution in [-0.2, 0) is 14.3 Å². The maximum Gasteiger partial charge on any atom is 0.164 e. The van der Waals surface area contributed by atoms with Crippen LogP contribution in [0.4, 0.5) is 0 Å². The Balaban J connectivity index is 1.76. The van der Waals surface area contributed by atoms with E-state index in [-0.39, 0.29) is 11.9 Å². The van der Waals surface area contributed by atoms with E-state index >= 15 is 0 Å². The van der Waals surface area contributed by atoms with Gasteiger partial charge in [0.2, 0.25) is 0 Å². The van der Waals surface area contributed by atoms with Crippen LogP contribution in [0.25, 0.3) is 0 Å². The summed E-state index contributed by atoms with van der Waals surface area (Å²) in [7, 11) is 0. The maximum absolute atomic E-state index is 11.4. The lowest BCUT2D eigenvalue weighted by atomic mass is 10.1. The van der Waals surface area contributed by atoms with Crippen molar-refractivity contribution < 1.29 is 14.3 Å². The molecule has 0 bridgehead atoms. The normalized spacial score (nSPS) is 30.2. The molecule has 0 amide bonds. The fraction of sp³-hybridized carbons (Fsp3) is 0.889. The van der Waals surface area contributed by atoms with Crippen molar-refractivity contribution >= 4 is 5.78 Å². The molecule has 1 atom stereocenters. The van der Waals surface area contributed by atoms with Crippen molar-refractivity contribution in [3.63, 3.8) is 0 Å². The molecule has 1 aliphatic heterocycles. The fourth-order valence-corrected chi connectivity index (χ4v) is 1.41. The standard InChI is InChI=1S/C9H14O3/c10-8(5-7-1-2-7)9-6-11-3-4-12-9/h7,9H,1-6H2. The molecule has 1 saturated heterocycles. The zero-order valence-electron chi connectivity index (χ0n) is 7.12. The predicted molar refractivity (Wildman–Crippen MR) is 42.9 cm³/mol. The summed E-state index contributed by atoms with van der Waals surface area (Å²) in [4.78, 5) is 11.4. The highest BCUT2D eigenvalue weighted by Crippen LogP contribution is 2.33. The van der Waals surface area contributed by atoms with Gasteiger partial charge in [-0.15, -0.1) is 0 Å². The van der Waals surface area contributed by atoms with Gasteiger partial charge in [-0.2, -0.15) is 0 Å². The average molecular weight is 170 g/mol. The number of carbonyl (C=O) groups excluding carboxylic acids is 1. The van der Waals surface area contributed by atoms with E-state index in [1.54, 1.807) is 0 Å². The number of ketones is 1. The van der Waals surface area contributed by atoms with E-state index in [9.17, 15) is 4.79 Å². The molecule has 0 aromatic heterocycles. The Morgan fingerprint density at radius 1 is 1.33 bits per heavy atom. The molecule has 2 rings (SSSR count). The predicted octanol–water partition coefficient (Wildman–Crippen LogP) is 0.771. The van der Waals surface area contributed by atoms with Gasteiger partial charge >= 0.3 is 0 Å². The summed E-state index contributed by atoms with van der Waals surface area (Å²) in [6, 6.07) is 0. The third kappa shape index (κ3) is 2.05. The molecular weight excluding hydrogens is 156 g/mol. The zero-order chi connectivity index (χ0) is 8.39. The molecule has 68 valence electrons. The first-order valence-corrected chi connectivity index (χ1v) is 4.58. The second-order valence-electron chi connectivity index (χ2n) is 3.55. The Labute approximate surface area is 72.0 Å². The highest BCUT2D eigenvalue weighted by Gasteiger charge is 2.29. The third-order valence-electron chi connectivity index (χ3n) is 2.36. The van der Waals surface area contributed by atoms with Gasteiger partial charge < -0.3 is 9.47 Å². The summed E-state index contributed by atoms with van der Waals surface area (Å²) in [6.07, 6.45) is 2.88. The van der Waals surface area contributed by atoms with Crippen molar-refractivity contribution in [1.82, 2.24) is 0 Å². The SMILES string of the molecule is O=C(CC1CC1)C1COCCO1. The van der Waals surface area contributed by atoms with E-state index in [1.807, 2.05) is 0 Å². The third-order valence-corrected chi connectivity index (χ3v) is 2.36. The van der Waals surface area contributed by atoms with E-state index in [0.717, 1.165) is 0 Å². The Hall–Kier alpha value is -0.410. The smallest absolute Gasteiger partial charge is 0.164 e. The van der Waals surface area contributed by atoms with Crippen LogP contribution in [0.2, 0.25) is 0 Å². The Morgan fingerprint density at radius 3 is 2.75 bits per heavy atom. The zero-order valence-corrected chi connectivity index (χ0v) is 7.12. The molecule has 3 nitrogen and oxygen atoms in total. The molecule has 1 aliphatic carbocycles. The molecule has 2 fully saturated rings. The lowest BCUT2D eigenvalue weighted by Gasteiger charge is -2.21. The van der Waals surface area contributed by atoms with E-state index in [4.69, 9.17) is 9.47 Å². The monoisotopic (exact) mass is 170 g/mol. The Bertz CT molecular complexity index is 169. The first kappa shape index (κ1) is 8.20. The number of rotatable bonds is 3. The van der Waals surface area contributed by atoms with Crippen LogP contribution in [-0.4, -0.2) is 31.7 Å². The van der Waals surface area contributed by atoms with Crippen LogP contribution in [0.3, 0.4) is 0 Å². The summed E-state index contributed by atoms with van der Waals surface area (Å²) < 4.78 is 10.5. The maximum atomic E-state index is 11.4. The van der Waals surface area contributed by atoms with E-state index in [2.05, 4.69) is 0 Å². The summed E-state index contributed by atoms with van der Waals surface area (Å²) in [5.41, 5.74) is 0. The lowest BCUT2D eigenvalue weighted by Crippen LogP contribution is -2.35. The van der Waals surface area contributed by atoms with Crippen molar-refractivity contribution in [3.8, 4) is 0 Å². The van der Waals surface area contributed by atoms with Gasteiger partial charge in [0, 0.05) is 6.42 Å². The molecule has 1 unspecified atom stereocenters.